The predicted molar refractivity (Wildman–Crippen MR) is 139 cm³/mol. The average molecular weight is 537 g/mol. The van der Waals surface area contributed by atoms with Gasteiger partial charge in [-0.3, -0.25) is 19.2 Å². The smallest absolute Gasteiger partial charge is 0.326 e. The van der Waals surface area contributed by atoms with E-state index < -0.39 is 60.2 Å². The van der Waals surface area contributed by atoms with Gasteiger partial charge in [0.15, 0.2) is 0 Å². The molecular formula is C25H40N6O7. The summed E-state index contributed by atoms with van der Waals surface area (Å²) in [6.07, 6.45) is 1.07. The Labute approximate surface area is 221 Å². The van der Waals surface area contributed by atoms with Crippen molar-refractivity contribution in [3.05, 3.63) is 29.8 Å². The Bertz CT molecular complexity index is 954. The van der Waals surface area contributed by atoms with Gasteiger partial charge < -0.3 is 43.4 Å². The van der Waals surface area contributed by atoms with Crippen molar-refractivity contribution in [1.29, 1.82) is 0 Å². The molecule has 1 rings (SSSR count). The second kappa shape index (κ2) is 16.2. The van der Waals surface area contributed by atoms with Gasteiger partial charge in [0.2, 0.25) is 23.6 Å². The van der Waals surface area contributed by atoms with E-state index in [4.69, 9.17) is 17.2 Å². The van der Waals surface area contributed by atoms with Gasteiger partial charge >= 0.3 is 5.97 Å². The van der Waals surface area contributed by atoms with E-state index in [1.54, 1.807) is 12.1 Å². The fourth-order valence-electron chi connectivity index (χ4n) is 3.67. The monoisotopic (exact) mass is 536 g/mol. The Balaban J connectivity index is 2.98. The number of nitrogens with two attached hydrogens (primary N) is 3. The molecule has 13 nitrogen and oxygen atoms in total. The number of hydrogen-bond acceptors (Lipinski definition) is 8. The maximum absolute atomic E-state index is 13.2. The Morgan fingerprint density at radius 3 is 1.95 bits per heavy atom. The number of carbonyl (C=O) groups excluding carboxylic acids is 4. The number of rotatable bonds is 17. The highest BCUT2D eigenvalue weighted by Gasteiger charge is 2.31. The third-order valence-corrected chi connectivity index (χ3v) is 5.67. The maximum atomic E-state index is 13.2. The summed E-state index contributed by atoms with van der Waals surface area (Å²) in [7, 11) is 0. The summed E-state index contributed by atoms with van der Waals surface area (Å²) in [4.78, 5) is 61.5. The number of phenols is 1. The minimum atomic E-state index is -1.55. The summed E-state index contributed by atoms with van der Waals surface area (Å²) in [5.74, 6) is -4.35. The molecule has 212 valence electrons. The van der Waals surface area contributed by atoms with Crippen LogP contribution in [0.1, 0.15) is 51.5 Å². The van der Waals surface area contributed by atoms with Crippen LogP contribution in [0.2, 0.25) is 0 Å². The molecule has 4 unspecified atom stereocenters. The molecule has 0 heterocycles. The lowest BCUT2D eigenvalue weighted by molar-refractivity contribution is -0.144. The summed E-state index contributed by atoms with van der Waals surface area (Å²) >= 11 is 0. The van der Waals surface area contributed by atoms with Gasteiger partial charge in [0.25, 0.3) is 0 Å². The first-order chi connectivity index (χ1) is 17.8. The number of carboxylic acid groups (broad SMARTS) is 1. The van der Waals surface area contributed by atoms with Crippen LogP contribution in [0.25, 0.3) is 0 Å². The number of phenolic OH excluding ortho intramolecular Hbond substituents is 1. The number of carboxylic acids is 1. The standard InChI is InChI=1S/C25H40N6O7/c1-14(2)11-19(24(36)31-20(25(37)38)13-21(28)33)30-23(35)18(5-3-4-10-26)29-22(34)17(27)12-15-6-8-16(32)9-7-15/h6-9,14,17-20,32H,3-5,10-13,26-27H2,1-2H3,(H2,28,33)(H,29,34)(H,30,35)(H,31,36)(H,37,38). The van der Waals surface area contributed by atoms with Crippen molar-refractivity contribution in [1.82, 2.24) is 16.0 Å². The van der Waals surface area contributed by atoms with Crippen LogP contribution >= 0.6 is 0 Å². The number of aromatic hydroxyl groups is 1. The number of primary amides is 1. The van der Waals surface area contributed by atoms with Crippen molar-refractivity contribution >= 4 is 29.6 Å². The number of benzene rings is 1. The van der Waals surface area contributed by atoms with Crippen molar-refractivity contribution in [2.24, 2.45) is 23.1 Å². The minimum Gasteiger partial charge on any atom is -0.508 e. The van der Waals surface area contributed by atoms with E-state index in [-0.39, 0.29) is 30.9 Å². The Morgan fingerprint density at radius 1 is 0.868 bits per heavy atom. The Morgan fingerprint density at radius 2 is 1.42 bits per heavy atom. The molecule has 0 saturated carbocycles. The van der Waals surface area contributed by atoms with E-state index >= 15 is 0 Å². The van der Waals surface area contributed by atoms with Gasteiger partial charge in [-0.25, -0.2) is 4.79 Å². The van der Waals surface area contributed by atoms with Gasteiger partial charge in [0.1, 0.15) is 23.9 Å². The lowest BCUT2D eigenvalue weighted by Gasteiger charge is -2.26. The zero-order valence-electron chi connectivity index (χ0n) is 21.8. The van der Waals surface area contributed by atoms with Gasteiger partial charge in [-0.2, -0.15) is 0 Å². The third kappa shape index (κ3) is 12.0. The SMILES string of the molecule is CC(C)CC(NC(=O)C(CCCCN)NC(=O)C(N)Cc1ccc(O)cc1)C(=O)NC(CC(N)=O)C(=O)O. The largest absolute Gasteiger partial charge is 0.508 e. The van der Waals surface area contributed by atoms with Gasteiger partial charge in [0.05, 0.1) is 12.5 Å². The number of aliphatic carboxylic acids is 1. The molecule has 0 aromatic heterocycles. The van der Waals surface area contributed by atoms with E-state index in [9.17, 15) is 34.2 Å². The number of hydrogen-bond donors (Lipinski definition) is 8. The molecule has 0 spiro atoms. The summed E-state index contributed by atoms with van der Waals surface area (Å²) in [6, 6.07) is 1.52. The molecule has 4 atom stereocenters. The van der Waals surface area contributed by atoms with Gasteiger partial charge in [-0.1, -0.05) is 26.0 Å². The molecule has 11 N–H and O–H groups in total. The van der Waals surface area contributed by atoms with Crippen LogP contribution in [0.15, 0.2) is 24.3 Å². The fraction of sp³-hybridized carbons (Fsp3) is 0.560. The first-order valence-electron chi connectivity index (χ1n) is 12.5. The second-order valence-corrected chi connectivity index (χ2v) is 9.58. The summed E-state index contributed by atoms with van der Waals surface area (Å²) in [5.41, 5.74) is 17.4. The van der Waals surface area contributed by atoms with Crippen molar-refractivity contribution in [3.63, 3.8) is 0 Å². The topological polar surface area (TPSA) is 240 Å². The average Bonchev–Trinajstić information content (AvgIpc) is 2.83. The van der Waals surface area contributed by atoms with Gasteiger partial charge in [-0.05, 0) is 62.3 Å². The van der Waals surface area contributed by atoms with Crippen LogP contribution in [-0.2, 0) is 30.4 Å². The zero-order chi connectivity index (χ0) is 28.8. The van der Waals surface area contributed by atoms with Crippen molar-refractivity contribution < 1.29 is 34.2 Å². The first-order valence-corrected chi connectivity index (χ1v) is 12.5. The molecule has 13 heteroatoms. The van der Waals surface area contributed by atoms with E-state index in [1.165, 1.54) is 12.1 Å². The van der Waals surface area contributed by atoms with Crippen LogP contribution in [0.4, 0.5) is 0 Å². The van der Waals surface area contributed by atoms with E-state index in [2.05, 4.69) is 16.0 Å². The Hall–Kier alpha value is -3.71. The Kier molecular flexibility index (Phi) is 13.8. The highest BCUT2D eigenvalue weighted by molar-refractivity contribution is 5.94. The minimum absolute atomic E-state index is 0.0607. The van der Waals surface area contributed by atoms with Crippen molar-refractivity contribution in [2.45, 2.75) is 76.5 Å². The lowest BCUT2D eigenvalue weighted by atomic mass is 10.0. The zero-order valence-corrected chi connectivity index (χ0v) is 21.8. The van der Waals surface area contributed by atoms with Crippen molar-refractivity contribution in [3.8, 4) is 5.75 Å². The molecule has 1 aromatic rings. The van der Waals surface area contributed by atoms with Gasteiger partial charge in [0, 0.05) is 0 Å². The molecule has 38 heavy (non-hydrogen) atoms. The number of carbonyl (C=O) groups is 5. The van der Waals surface area contributed by atoms with E-state index in [0.717, 1.165) is 0 Å². The summed E-state index contributed by atoms with van der Waals surface area (Å²) in [6.45, 7) is 4.01. The third-order valence-electron chi connectivity index (χ3n) is 5.67. The van der Waals surface area contributed by atoms with Gasteiger partial charge in [-0.15, -0.1) is 0 Å². The summed E-state index contributed by atoms with van der Waals surface area (Å²) in [5, 5.41) is 26.2. The predicted octanol–water partition coefficient (Wildman–Crippen LogP) is -1.15. The normalized spacial score (nSPS) is 14.1. The summed E-state index contributed by atoms with van der Waals surface area (Å²) < 4.78 is 0. The van der Waals surface area contributed by atoms with Crippen molar-refractivity contribution in [2.75, 3.05) is 6.54 Å². The van der Waals surface area contributed by atoms with Crippen LogP contribution in [0.5, 0.6) is 5.75 Å². The quantitative estimate of drug-likeness (QED) is 0.112. The molecule has 4 amide bonds. The lowest BCUT2D eigenvalue weighted by Crippen LogP contribution is -2.57. The van der Waals surface area contributed by atoms with Crippen LogP contribution in [0.3, 0.4) is 0 Å². The maximum Gasteiger partial charge on any atom is 0.326 e. The molecular weight excluding hydrogens is 496 g/mol. The van der Waals surface area contributed by atoms with E-state index in [1.807, 2.05) is 13.8 Å². The molecule has 0 aliphatic heterocycles. The molecule has 0 radical (unpaired) electrons. The molecule has 0 aliphatic carbocycles. The molecule has 0 aliphatic rings. The molecule has 1 aromatic carbocycles. The molecule has 0 bridgehead atoms. The first kappa shape index (κ1) is 32.3. The highest BCUT2D eigenvalue weighted by atomic mass is 16.4. The molecule has 0 saturated heterocycles. The van der Waals surface area contributed by atoms with Crippen LogP contribution in [0, 0.1) is 5.92 Å². The fourth-order valence-corrected chi connectivity index (χ4v) is 3.67. The number of unbranched alkanes of at least 4 members (excludes halogenated alkanes) is 1. The van der Waals surface area contributed by atoms with E-state index in [0.29, 0.717) is 24.9 Å². The van der Waals surface area contributed by atoms with Crippen LogP contribution in [-0.4, -0.2) is 70.5 Å². The number of nitrogens with one attached hydrogen (secondary N) is 3. The number of amides is 4. The molecule has 0 fully saturated rings. The van der Waals surface area contributed by atoms with Crippen LogP contribution < -0.4 is 33.2 Å². The highest BCUT2D eigenvalue weighted by Crippen LogP contribution is 2.12. The second-order valence-electron chi connectivity index (χ2n) is 9.58.